The van der Waals surface area contributed by atoms with Crippen molar-refractivity contribution >= 4 is 55.4 Å². The first-order valence-electron chi connectivity index (χ1n) is 10.8. The Bertz CT molecular complexity index is 1270. The molecule has 1 aromatic heterocycles. The van der Waals surface area contributed by atoms with Crippen LogP contribution in [-0.4, -0.2) is 38.9 Å². The quantitative estimate of drug-likeness (QED) is 0.547. The Morgan fingerprint density at radius 1 is 1.18 bits per heavy atom. The third-order valence-corrected chi connectivity index (χ3v) is 8.54. The summed E-state index contributed by atoms with van der Waals surface area (Å²) < 4.78 is 27.6. The molecule has 0 spiro atoms. The predicted octanol–water partition coefficient (Wildman–Crippen LogP) is 4.65. The highest BCUT2D eigenvalue weighted by molar-refractivity contribution is 7.93. The third-order valence-electron chi connectivity index (χ3n) is 6.13. The number of fused-ring (bicyclic) bond motifs is 1. The lowest BCUT2D eigenvalue weighted by Crippen LogP contribution is -2.40. The zero-order chi connectivity index (χ0) is 23.0. The van der Waals surface area contributed by atoms with Gasteiger partial charge in [0.2, 0.25) is 5.91 Å². The second-order valence-electron chi connectivity index (χ2n) is 8.23. The molecule has 1 fully saturated rings. The normalized spacial score (nSPS) is 18.3. The van der Waals surface area contributed by atoms with E-state index in [4.69, 9.17) is 11.6 Å². The number of aromatic nitrogens is 1. The summed E-state index contributed by atoms with van der Waals surface area (Å²) in [5.74, 6) is 0.0502. The minimum Gasteiger partial charge on any atom is -0.371 e. The van der Waals surface area contributed by atoms with Crippen LogP contribution in [0.2, 0.25) is 5.02 Å². The first kappa shape index (κ1) is 22.2. The van der Waals surface area contributed by atoms with Crippen LogP contribution in [0.25, 0.3) is 0 Å². The zero-order valence-corrected chi connectivity index (χ0v) is 20.2. The fourth-order valence-corrected chi connectivity index (χ4v) is 6.48. The molecule has 174 valence electrons. The van der Waals surface area contributed by atoms with E-state index >= 15 is 0 Å². The average Bonchev–Trinajstić information content (AvgIpc) is 3.50. The van der Waals surface area contributed by atoms with Crippen molar-refractivity contribution in [1.29, 1.82) is 0 Å². The highest BCUT2D eigenvalue weighted by atomic mass is 35.5. The predicted molar refractivity (Wildman–Crippen MR) is 134 cm³/mol. The van der Waals surface area contributed by atoms with Crippen LogP contribution >= 0.6 is 22.9 Å². The van der Waals surface area contributed by atoms with Gasteiger partial charge in [0.05, 0.1) is 10.8 Å². The number of carbonyl (C=O) groups is 1. The fraction of sp³-hybridized carbons (Fsp3) is 0.304. The SMILES string of the molecule is O=C(C1CCN(c2ccc(S(=O)(=O)Nc3nccs3)cc2)C1)N1CCCc2cc(Cl)ccc21.[HH]. The number of carbonyl (C=O) groups excluding carboxylic acids is 1. The van der Waals surface area contributed by atoms with Gasteiger partial charge in [-0.3, -0.25) is 9.52 Å². The Hall–Kier alpha value is -2.62. The van der Waals surface area contributed by atoms with Crippen molar-refractivity contribution in [3.8, 4) is 0 Å². The minimum absolute atomic E-state index is 0. The van der Waals surface area contributed by atoms with Gasteiger partial charge < -0.3 is 9.80 Å². The van der Waals surface area contributed by atoms with E-state index in [-0.39, 0.29) is 18.1 Å². The van der Waals surface area contributed by atoms with Crippen molar-refractivity contribution in [2.75, 3.05) is 34.2 Å². The monoisotopic (exact) mass is 504 g/mol. The molecule has 1 unspecified atom stereocenters. The molecule has 0 saturated carbocycles. The molecule has 5 rings (SSSR count). The summed E-state index contributed by atoms with van der Waals surface area (Å²) >= 11 is 7.37. The van der Waals surface area contributed by atoms with E-state index in [9.17, 15) is 13.2 Å². The number of nitrogens with one attached hydrogen (secondary N) is 1. The Morgan fingerprint density at radius 3 is 2.76 bits per heavy atom. The molecule has 1 atom stereocenters. The largest absolute Gasteiger partial charge is 0.371 e. The van der Waals surface area contributed by atoms with Crippen LogP contribution in [0, 0.1) is 5.92 Å². The average molecular weight is 505 g/mol. The fourth-order valence-electron chi connectivity index (χ4n) is 4.50. The summed E-state index contributed by atoms with van der Waals surface area (Å²) in [6.45, 7) is 2.09. The van der Waals surface area contributed by atoms with Gasteiger partial charge in [0.25, 0.3) is 10.0 Å². The lowest BCUT2D eigenvalue weighted by atomic mass is 9.99. The van der Waals surface area contributed by atoms with Crippen molar-refractivity contribution < 1.29 is 14.6 Å². The van der Waals surface area contributed by atoms with Gasteiger partial charge in [-0.2, -0.15) is 0 Å². The summed E-state index contributed by atoms with van der Waals surface area (Å²) in [6, 6.07) is 12.5. The topological polar surface area (TPSA) is 82.6 Å². The highest BCUT2D eigenvalue weighted by Crippen LogP contribution is 2.33. The van der Waals surface area contributed by atoms with Gasteiger partial charge in [0.15, 0.2) is 5.13 Å². The number of anilines is 3. The number of thiazole rings is 1. The summed E-state index contributed by atoms with van der Waals surface area (Å²) in [4.78, 5) is 21.5. The van der Waals surface area contributed by atoms with Gasteiger partial charge in [0, 0.05) is 49.0 Å². The molecule has 2 aliphatic heterocycles. The van der Waals surface area contributed by atoms with Crippen LogP contribution in [0.15, 0.2) is 58.9 Å². The minimum atomic E-state index is -3.68. The smallest absolute Gasteiger partial charge is 0.263 e. The summed E-state index contributed by atoms with van der Waals surface area (Å²) in [5, 5.41) is 2.74. The summed E-state index contributed by atoms with van der Waals surface area (Å²) in [5.41, 5.74) is 3.00. The molecule has 0 aliphatic carbocycles. The van der Waals surface area contributed by atoms with Crippen LogP contribution in [-0.2, 0) is 21.2 Å². The number of nitrogens with zero attached hydrogens (tertiary/aromatic N) is 3. The van der Waals surface area contributed by atoms with E-state index in [1.54, 1.807) is 35.8 Å². The number of sulfonamides is 1. The molecule has 1 saturated heterocycles. The molecular formula is C23H25ClN4O3S2. The van der Waals surface area contributed by atoms with Crippen LogP contribution in [0.5, 0.6) is 0 Å². The van der Waals surface area contributed by atoms with E-state index in [0.717, 1.165) is 49.3 Å². The number of rotatable bonds is 5. The van der Waals surface area contributed by atoms with Gasteiger partial charge >= 0.3 is 0 Å². The molecule has 10 heteroatoms. The number of benzene rings is 2. The van der Waals surface area contributed by atoms with E-state index in [2.05, 4.69) is 14.6 Å². The van der Waals surface area contributed by atoms with Crippen molar-refractivity contribution in [2.24, 2.45) is 5.92 Å². The van der Waals surface area contributed by atoms with E-state index in [1.807, 2.05) is 23.1 Å². The number of hydrogen-bond donors (Lipinski definition) is 1. The van der Waals surface area contributed by atoms with Crippen LogP contribution in [0.4, 0.5) is 16.5 Å². The Labute approximate surface area is 203 Å². The molecular weight excluding hydrogens is 480 g/mol. The Kier molecular flexibility index (Phi) is 6.03. The van der Waals surface area contributed by atoms with Crippen LogP contribution < -0.4 is 14.5 Å². The third kappa shape index (κ3) is 4.58. The zero-order valence-electron chi connectivity index (χ0n) is 17.8. The number of halogens is 1. The molecule has 2 aliphatic rings. The standard InChI is InChI=1S/C23H23ClN4O3S2.H2/c24-18-3-8-21-16(14-18)2-1-11-28(21)22(29)17-9-12-27(15-17)19-4-6-20(7-5-19)33(30,31)26-23-25-10-13-32-23;/h3-8,10,13-14,17H,1-2,9,11-12,15H2,(H,25,26);1H. The molecule has 1 N–H and O–H groups in total. The number of amides is 1. The maximum absolute atomic E-state index is 13.3. The molecule has 3 aromatic rings. The summed E-state index contributed by atoms with van der Waals surface area (Å²) in [6.07, 6.45) is 4.18. The molecule has 0 radical (unpaired) electrons. The number of hydrogen-bond acceptors (Lipinski definition) is 6. The van der Waals surface area contributed by atoms with Gasteiger partial charge in [-0.15, -0.1) is 11.3 Å². The van der Waals surface area contributed by atoms with E-state index < -0.39 is 10.0 Å². The highest BCUT2D eigenvalue weighted by Gasteiger charge is 2.34. The molecule has 1 amide bonds. The van der Waals surface area contributed by atoms with E-state index in [1.165, 1.54) is 11.3 Å². The molecule has 33 heavy (non-hydrogen) atoms. The first-order chi connectivity index (χ1) is 15.9. The first-order valence-corrected chi connectivity index (χ1v) is 13.5. The van der Waals surface area contributed by atoms with Gasteiger partial charge in [-0.25, -0.2) is 13.4 Å². The van der Waals surface area contributed by atoms with Crippen molar-refractivity contribution in [3.63, 3.8) is 0 Å². The van der Waals surface area contributed by atoms with Gasteiger partial charge in [-0.1, -0.05) is 11.6 Å². The molecule has 7 nitrogen and oxygen atoms in total. The second-order valence-corrected chi connectivity index (χ2v) is 11.2. The Balaban J connectivity index is 0.00000274. The summed E-state index contributed by atoms with van der Waals surface area (Å²) in [7, 11) is -3.68. The van der Waals surface area contributed by atoms with Crippen LogP contribution in [0.1, 0.15) is 19.8 Å². The molecule has 3 heterocycles. The van der Waals surface area contributed by atoms with E-state index in [0.29, 0.717) is 16.7 Å². The molecule has 2 aromatic carbocycles. The lowest BCUT2D eigenvalue weighted by molar-refractivity contribution is -0.121. The van der Waals surface area contributed by atoms with Gasteiger partial charge in [-0.05, 0) is 67.3 Å². The maximum Gasteiger partial charge on any atom is 0.263 e. The number of aryl methyl sites for hydroxylation is 1. The maximum atomic E-state index is 13.3. The van der Waals surface area contributed by atoms with Gasteiger partial charge in [0.1, 0.15) is 0 Å². The van der Waals surface area contributed by atoms with Crippen molar-refractivity contribution in [1.82, 2.24) is 4.98 Å². The Morgan fingerprint density at radius 2 is 2.00 bits per heavy atom. The molecule has 0 bridgehead atoms. The van der Waals surface area contributed by atoms with Crippen molar-refractivity contribution in [3.05, 3.63) is 64.6 Å². The second kappa shape index (κ2) is 8.96. The lowest BCUT2D eigenvalue weighted by Gasteiger charge is -2.31. The van der Waals surface area contributed by atoms with Crippen LogP contribution in [0.3, 0.4) is 0 Å². The van der Waals surface area contributed by atoms with Crippen molar-refractivity contribution in [2.45, 2.75) is 24.2 Å².